The van der Waals surface area contributed by atoms with Crippen LogP contribution in [0.1, 0.15) is 0 Å². The van der Waals surface area contributed by atoms with Crippen LogP contribution in [0.5, 0.6) is 0 Å². The Morgan fingerprint density at radius 3 is 1.52 bits per heavy atom. The molecule has 188 valence electrons. The van der Waals surface area contributed by atoms with Gasteiger partial charge in [0.25, 0.3) is 0 Å². The van der Waals surface area contributed by atoms with Crippen molar-refractivity contribution >= 4 is 10.8 Å². The van der Waals surface area contributed by atoms with Crippen molar-refractivity contribution in [3.05, 3.63) is 152 Å². The molecular formula is C37H25N3. The molecule has 0 saturated heterocycles. The number of benzene rings is 5. The monoisotopic (exact) mass is 511 g/mol. The number of aromatic nitrogens is 3. The van der Waals surface area contributed by atoms with E-state index in [0.29, 0.717) is 0 Å². The number of pyridine rings is 1. The maximum atomic E-state index is 4.99. The van der Waals surface area contributed by atoms with Crippen molar-refractivity contribution in [3.8, 4) is 56.2 Å². The second kappa shape index (κ2) is 10.4. The maximum absolute atomic E-state index is 4.99. The Balaban J connectivity index is 1.25. The van der Waals surface area contributed by atoms with Crippen LogP contribution in [-0.2, 0) is 0 Å². The van der Waals surface area contributed by atoms with Crippen molar-refractivity contribution in [1.29, 1.82) is 0 Å². The van der Waals surface area contributed by atoms with Crippen molar-refractivity contribution in [1.82, 2.24) is 15.0 Å². The first-order valence-corrected chi connectivity index (χ1v) is 13.4. The van der Waals surface area contributed by atoms with Crippen LogP contribution < -0.4 is 0 Å². The normalized spacial score (nSPS) is 11.0. The van der Waals surface area contributed by atoms with Crippen molar-refractivity contribution in [2.24, 2.45) is 0 Å². The summed E-state index contributed by atoms with van der Waals surface area (Å²) in [5, 5.41) is 2.37. The predicted octanol–water partition coefficient (Wildman–Crippen LogP) is 9.36. The van der Waals surface area contributed by atoms with E-state index in [1.165, 1.54) is 21.9 Å². The topological polar surface area (TPSA) is 38.7 Å². The first kappa shape index (κ1) is 23.7. The van der Waals surface area contributed by atoms with E-state index >= 15 is 0 Å². The summed E-state index contributed by atoms with van der Waals surface area (Å²) in [6.45, 7) is 0. The number of fused-ring (bicyclic) bond motifs is 1. The quantitative estimate of drug-likeness (QED) is 0.231. The summed E-state index contributed by atoms with van der Waals surface area (Å²) in [5.41, 5.74) is 9.63. The SMILES string of the molecule is c1ccc(-c2cc(-c3ccc4cc(-c5ccc(-c6cccnc6)cc5)ccc4c3)nc(-c3ccccc3)n2)cc1. The molecule has 40 heavy (non-hydrogen) atoms. The molecule has 2 aromatic heterocycles. The molecule has 0 saturated carbocycles. The summed E-state index contributed by atoms with van der Waals surface area (Å²) in [7, 11) is 0. The van der Waals surface area contributed by atoms with E-state index in [-0.39, 0.29) is 0 Å². The van der Waals surface area contributed by atoms with Gasteiger partial charge in [-0.1, -0.05) is 115 Å². The zero-order valence-corrected chi connectivity index (χ0v) is 21.8. The maximum Gasteiger partial charge on any atom is 0.160 e. The number of hydrogen-bond acceptors (Lipinski definition) is 3. The Morgan fingerprint density at radius 1 is 0.350 bits per heavy atom. The summed E-state index contributed by atoms with van der Waals surface area (Å²) < 4.78 is 0. The molecule has 3 heteroatoms. The van der Waals surface area contributed by atoms with Gasteiger partial charge in [-0.15, -0.1) is 0 Å². The van der Waals surface area contributed by atoms with Crippen LogP contribution in [0.15, 0.2) is 152 Å². The minimum absolute atomic E-state index is 0.724. The lowest BCUT2D eigenvalue weighted by Crippen LogP contribution is -1.95. The van der Waals surface area contributed by atoms with Crippen molar-refractivity contribution in [2.75, 3.05) is 0 Å². The van der Waals surface area contributed by atoms with Gasteiger partial charge in [-0.3, -0.25) is 4.98 Å². The molecule has 0 aliphatic carbocycles. The van der Waals surface area contributed by atoms with E-state index in [1.807, 2.05) is 48.7 Å². The molecule has 5 aromatic carbocycles. The van der Waals surface area contributed by atoms with Crippen LogP contribution >= 0.6 is 0 Å². The van der Waals surface area contributed by atoms with Crippen LogP contribution in [0.2, 0.25) is 0 Å². The second-order valence-corrected chi connectivity index (χ2v) is 9.79. The van der Waals surface area contributed by atoms with Crippen molar-refractivity contribution in [2.45, 2.75) is 0 Å². The van der Waals surface area contributed by atoms with E-state index < -0.39 is 0 Å². The van der Waals surface area contributed by atoms with E-state index in [9.17, 15) is 0 Å². The number of rotatable bonds is 5. The summed E-state index contributed by atoms with van der Waals surface area (Å²) >= 11 is 0. The van der Waals surface area contributed by atoms with Gasteiger partial charge in [0.15, 0.2) is 5.82 Å². The van der Waals surface area contributed by atoms with Crippen LogP contribution in [0.25, 0.3) is 66.9 Å². The number of nitrogens with zero attached hydrogens (tertiary/aromatic N) is 3. The third kappa shape index (κ3) is 4.77. The van der Waals surface area contributed by atoms with Crippen molar-refractivity contribution < 1.29 is 0 Å². The summed E-state index contributed by atoms with van der Waals surface area (Å²) in [6, 6.07) is 48.4. The van der Waals surface area contributed by atoms with Crippen LogP contribution in [0.4, 0.5) is 0 Å². The van der Waals surface area contributed by atoms with E-state index in [4.69, 9.17) is 9.97 Å². The molecule has 7 rings (SSSR count). The lowest BCUT2D eigenvalue weighted by Gasteiger charge is -2.11. The van der Waals surface area contributed by atoms with E-state index in [0.717, 1.165) is 45.0 Å². The Kier molecular flexibility index (Phi) is 6.15. The van der Waals surface area contributed by atoms with Gasteiger partial charge < -0.3 is 0 Å². The Bertz CT molecular complexity index is 1860. The average molecular weight is 512 g/mol. The standard InChI is InChI=1S/C37H25N3/c1-3-8-28(9-4-1)35-24-36(40-37(39-35)29-10-5-2-6-11-29)33-20-19-31-22-30(17-18-32(31)23-33)26-13-15-27(16-14-26)34-12-7-21-38-25-34/h1-25H. The molecule has 0 bridgehead atoms. The average Bonchev–Trinajstić information content (AvgIpc) is 3.05. The van der Waals surface area contributed by atoms with Crippen molar-refractivity contribution in [3.63, 3.8) is 0 Å². The fourth-order valence-corrected chi connectivity index (χ4v) is 5.04. The first-order valence-electron chi connectivity index (χ1n) is 13.4. The second-order valence-electron chi connectivity index (χ2n) is 9.79. The minimum Gasteiger partial charge on any atom is -0.264 e. The van der Waals surface area contributed by atoms with E-state index in [2.05, 4.69) is 102 Å². The molecule has 0 N–H and O–H groups in total. The third-order valence-corrected chi connectivity index (χ3v) is 7.18. The third-order valence-electron chi connectivity index (χ3n) is 7.18. The molecule has 0 aliphatic heterocycles. The van der Waals surface area contributed by atoms with Gasteiger partial charge in [0.1, 0.15) is 0 Å². The summed E-state index contributed by atoms with van der Waals surface area (Å²) in [4.78, 5) is 14.1. The molecule has 0 amide bonds. The number of hydrogen-bond donors (Lipinski definition) is 0. The van der Waals surface area contributed by atoms with Gasteiger partial charge in [-0.25, -0.2) is 9.97 Å². The molecule has 7 aromatic rings. The molecule has 0 atom stereocenters. The zero-order valence-electron chi connectivity index (χ0n) is 21.8. The largest absolute Gasteiger partial charge is 0.264 e. The summed E-state index contributed by atoms with van der Waals surface area (Å²) in [6.07, 6.45) is 3.69. The zero-order chi connectivity index (χ0) is 26.7. The molecule has 3 nitrogen and oxygen atoms in total. The van der Waals surface area contributed by atoms with Crippen LogP contribution in [0.3, 0.4) is 0 Å². The fraction of sp³-hybridized carbons (Fsp3) is 0. The van der Waals surface area contributed by atoms with Gasteiger partial charge in [-0.2, -0.15) is 0 Å². The lowest BCUT2D eigenvalue weighted by atomic mass is 9.97. The van der Waals surface area contributed by atoms with Gasteiger partial charge in [0.2, 0.25) is 0 Å². The highest BCUT2D eigenvalue weighted by Gasteiger charge is 2.11. The van der Waals surface area contributed by atoms with Gasteiger partial charge in [0.05, 0.1) is 11.4 Å². The Morgan fingerprint density at radius 2 is 0.875 bits per heavy atom. The summed E-state index contributed by atoms with van der Waals surface area (Å²) in [5.74, 6) is 0.724. The van der Waals surface area contributed by atoms with Gasteiger partial charge in [0, 0.05) is 29.1 Å². The highest BCUT2D eigenvalue weighted by Crippen LogP contribution is 2.32. The highest BCUT2D eigenvalue weighted by atomic mass is 14.9. The smallest absolute Gasteiger partial charge is 0.160 e. The Hall–Kier alpha value is -5.41. The minimum atomic E-state index is 0.724. The van der Waals surface area contributed by atoms with Gasteiger partial charge >= 0.3 is 0 Å². The predicted molar refractivity (Wildman–Crippen MR) is 165 cm³/mol. The molecule has 2 heterocycles. The molecule has 0 radical (unpaired) electrons. The molecule has 0 aliphatic rings. The Labute approximate surface area is 233 Å². The highest BCUT2D eigenvalue weighted by molar-refractivity contribution is 5.91. The van der Waals surface area contributed by atoms with Gasteiger partial charge in [-0.05, 0) is 57.3 Å². The first-order chi connectivity index (χ1) is 19.8. The fourth-order valence-electron chi connectivity index (χ4n) is 5.04. The molecular weight excluding hydrogens is 486 g/mol. The van der Waals surface area contributed by atoms with E-state index in [1.54, 1.807) is 6.20 Å². The molecule has 0 unspecified atom stereocenters. The van der Waals surface area contributed by atoms with Crippen LogP contribution in [-0.4, -0.2) is 15.0 Å². The lowest BCUT2D eigenvalue weighted by molar-refractivity contribution is 1.18. The molecule has 0 spiro atoms. The van der Waals surface area contributed by atoms with Crippen LogP contribution in [0, 0.1) is 0 Å². The molecule has 0 fully saturated rings.